The number of hydrogen-bond acceptors (Lipinski definition) is 7. The topological polar surface area (TPSA) is 171 Å². The second kappa shape index (κ2) is 14.6. The van der Waals surface area contributed by atoms with E-state index in [9.17, 15) is 29.4 Å². The Morgan fingerprint density at radius 1 is 0.886 bits per heavy atom. The molecule has 0 aromatic heterocycles. The van der Waals surface area contributed by atoms with Gasteiger partial charge in [0.25, 0.3) is 0 Å². The van der Waals surface area contributed by atoms with Crippen LogP contribution in [0.25, 0.3) is 0 Å². The summed E-state index contributed by atoms with van der Waals surface area (Å²) in [6, 6.07) is 2.15. The third-order valence-electron chi connectivity index (χ3n) is 5.50. The van der Waals surface area contributed by atoms with Gasteiger partial charge >= 0.3 is 5.97 Å². The van der Waals surface area contributed by atoms with Gasteiger partial charge in [-0.25, -0.2) is 4.79 Å². The first-order valence-electron chi connectivity index (χ1n) is 11.5. The summed E-state index contributed by atoms with van der Waals surface area (Å²) in [6.45, 7) is 6.93. The van der Waals surface area contributed by atoms with Crippen molar-refractivity contribution in [2.45, 2.75) is 64.7 Å². The molecule has 4 unspecified atom stereocenters. The summed E-state index contributed by atoms with van der Waals surface area (Å²) >= 11 is 1.50. The number of carbonyl (C=O) groups is 4. The predicted molar refractivity (Wildman–Crippen MR) is 136 cm³/mol. The fraction of sp³-hybridized carbons (Fsp3) is 0.583. The number of carboxylic acid groups (broad SMARTS) is 1. The van der Waals surface area contributed by atoms with Crippen molar-refractivity contribution in [1.82, 2.24) is 16.0 Å². The van der Waals surface area contributed by atoms with Crippen LogP contribution in [0.15, 0.2) is 24.3 Å². The molecule has 0 spiro atoms. The third kappa shape index (κ3) is 10.2. The number of hydrogen-bond donors (Lipinski definition) is 6. The van der Waals surface area contributed by atoms with Crippen LogP contribution >= 0.6 is 11.8 Å². The second-order valence-electron chi connectivity index (χ2n) is 9.11. The maximum atomic E-state index is 13.2. The van der Waals surface area contributed by atoms with Crippen molar-refractivity contribution in [3.8, 4) is 5.75 Å². The molecule has 1 aromatic rings. The lowest BCUT2D eigenvalue weighted by Crippen LogP contribution is -2.58. The number of nitrogens with two attached hydrogens (primary N) is 1. The largest absolute Gasteiger partial charge is 0.508 e. The molecular formula is C24H38N4O6S. The molecule has 7 N–H and O–H groups in total. The molecule has 1 rings (SSSR count). The number of aliphatic carboxylic acids is 1. The van der Waals surface area contributed by atoms with Crippen molar-refractivity contribution in [2.24, 2.45) is 17.6 Å². The Labute approximate surface area is 210 Å². The van der Waals surface area contributed by atoms with Crippen molar-refractivity contribution in [3.05, 3.63) is 29.8 Å². The first kappa shape index (κ1) is 30.2. The number of thioether (sulfide) groups is 1. The van der Waals surface area contributed by atoms with Crippen molar-refractivity contribution < 1.29 is 29.4 Å². The van der Waals surface area contributed by atoms with Crippen LogP contribution in [0.5, 0.6) is 5.75 Å². The van der Waals surface area contributed by atoms with Gasteiger partial charge in [0.15, 0.2) is 0 Å². The molecule has 0 aliphatic carbocycles. The number of phenolic OH excluding ortho intramolecular Hbond substituents is 1. The highest BCUT2D eigenvalue weighted by Gasteiger charge is 2.31. The summed E-state index contributed by atoms with van der Waals surface area (Å²) in [6.07, 6.45) is 2.24. The fourth-order valence-electron chi connectivity index (χ4n) is 3.19. The minimum Gasteiger partial charge on any atom is -0.508 e. The number of amides is 3. The van der Waals surface area contributed by atoms with Gasteiger partial charge in [0.2, 0.25) is 17.7 Å². The third-order valence-corrected chi connectivity index (χ3v) is 6.15. The monoisotopic (exact) mass is 510 g/mol. The van der Waals surface area contributed by atoms with Gasteiger partial charge in [0, 0.05) is 6.42 Å². The van der Waals surface area contributed by atoms with E-state index in [1.54, 1.807) is 39.8 Å². The maximum absolute atomic E-state index is 13.2. The molecule has 0 aliphatic rings. The summed E-state index contributed by atoms with van der Waals surface area (Å²) in [7, 11) is 0. The Kier molecular flexibility index (Phi) is 12.6. The van der Waals surface area contributed by atoms with Crippen LogP contribution in [-0.4, -0.2) is 70.1 Å². The van der Waals surface area contributed by atoms with Crippen molar-refractivity contribution in [1.29, 1.82) is 0 Å². The van der Waals surface area contributed by atoms with Gasteiger partial charge in [-0.2, -0.15) is 11.8 Å². The number of carboxylic acids is 1. The Bertz CT molecular complexity index is 862. The fourth-order valence-corrected chi connectivity index (χ4v) is 3.66. The van der Waals surface area contributed by atoms with E-state index < -0.39 is 47.9 Å². The molecule has 0 saturated heterocycles. The SMILES string of the molecule is CSCCC(NC(=O)C(N)C(C)C)C(=O)NC(Cc1ccc(O)cc1)C(=O)NC(C(=O)O)C(C)C. The summed E-state index contributed by atoms with van der Waals surface area (Å²) < 4.78 is 0. The highest BCUT2D eigenvalue weighted by atomic mass is 32.2. The average molecular weight is 511 g/mol. The standard InChI is InChI=1S/C24H38N4O6S/c1-13(2)19(25)23(32)26-17(10-11-35-5)21(30)27-18(12-15-6-8-16(29)9-7-15)22(31)28-20(14(3)4)24(33)34/h6-9,13-14,17-20,29H,10-12,25H2,1-5H3,(H,26,32)(H,27,30)(H,28,31)(H,33,34). The highest BCUT2D eigenvalue weighted by molar-refractivity contribution is 7.98. The number of carbonyl (C=O) groups excluding carboxylic acids is 3. The number of rotatable bonds is 14. The Morgan fingerprint density at radius 3 is 1.91 bits per heavy atom. The van der Waals surface area contributed by atoms with Crippen LogP contribution in [0.2, 0.25) is 0 Å². The average Bonchev–Trinajstić information content (AvgIpc) is 2.79. The molecule has 0 fully saturated rings. The molecule has 11 heteroatoms. The lowest BCUT2D eigenvalue weighted by atomic mass is 10.0. The van der Waals surface area contributed by atoms with Crippen LogP contribution in [0.1, 0.15) is 39.7 Å². The molecule has 0 bridgehead atoms. The summed E-state index contributed by atoms with van der Waals surface area (Å²) in [5.41, 5.74) is 6.57. The van der Waals surface area contributed by atoms with Gasteiger partial charge in [0.1, 0.15) is 23.9 Å². The van der Waals surface area contributed by atoms with E-state index in [4.69, 9.17) is 5.73 Å². The predicted octanol–water partition coefficient (Wildman–Crippen LogP) is 0.866. The first-order valence-corrected chi connectivity index (χ1v) is 12.9. The normalized spacial score (nSPS) is 14.6. The summed E-state index contributed by atoms with van der Waals surface area (Å²) in [5.74, 6) is -2.77. The molecule has 1 aromatic carbocycles. The molecule has 0 heterocycles. The van der Waals surface area contributed by atoms with E-state index in [-0.39, 0.29) is 24.0 Å². The molecule has 3 amide bonds. The molecule has 4 atom stereocenters. The van der Waals surface area contributed by atoms with E-state index in [1.807, 2.05) is 6.26 Å². The lowest BCUT2D eigenvalue weighted by Gasteiger charge is -2.26. The van der Waals surface area contributed by atoms with Crippen molar-refractivity contribution in [2.75, 3.05) is 12.0 Å². The summed E-state index contributed by atoms with van der Waals surface area (Å²) in [4.78, 5) is 50.4. The minimum absolute atomic E-state index is 0.0471. The smallest absolute Gasteiger partial charge is 0.326 e. The maximum Gasteiger partial charge on any atom is 0.326 e. The van der Waals surface area contributed by atoms with Crippen LogP contribution < -0.4 is 21.7 Å². The minimum atomic E-state index is -1.18. The van der Waals surface area contributed by atoms with Gasteiger partial charge in [0.05, 0.1) is 6.04 Å². The van der Waals surface area contributed by atoms with E-state index in [1.165, 1.54) is 23.9 Å². The van der Waals surface area contributed by atoms with Gasteiger partial charge in [-0.1, -0.05) is 39.8 Å². The zero-order valence-corrected chi connectivity index (χ0v) is 21.7. The van der Waals surface area contributed by atoms with E-state index >= 15 is 0 Å². The van der Waals surface area contributed by atoms with Crippen molar-refractivity contribution in [3.63, 3.8) is 0 Å². The van der Waals surface area contributed by atoms with Crippen LogP contribution in [0, 0.1) is 11.8 Å². The quantitative estimate of drug-likeness (QED) is 0.214. The highest BCUT2D eigenvalue weighted by Crippen LogP contribution is 2.13. The zero-order valence-electron chi connectivity index (χ0n) is 20.9. The Balaban J connectivity index is 3.14. The lowest BCUT2D eigenvalue weighted by molar-refractivity contribution is -0.143. The van der Waals surface area contributed by atoms with Gasteiger partial charge in [-0.05, 0) is 48.0 Å². The molecule has 0 radical (unpaired) electrons. The Hall–Kier alpha value is -2.79. The number of phenols is 1. The summed E-state index contributed by atoms with van der Waals surface area (Å²) in [5, 5.41) is 26.9. The van der Waals surface area contributed by atoms with Crippen LogP contribution in [0.3, 0.4) is 0 Å². The first-order chi connectivity index (χ1) is 16.4. The Morgan fingerprint density at radius 2 is 1.43 bits per heavy atom. The van der Waals surface area contributed by atoms with Crippen LogP contribution in [-0.2, 0) is 25.6 Å². The molecule has 35 heavy (non-hydrogen) atoms. The van der Waals surface area contributed by atoms with Gasteiger partial charge in [-0.15, -0.1) is 0 Å². The van der Waals surface area contributed by atoms with E-state index in [2.05, 4.69) is 16.0 Å². The van der Waals surface area contributed by atoms with Gasteiger partial charge < -0.3 is 31.9 Å². The van der Waals surface area contributed by atoms with Gasteiger partial charge in [-0.3, -0.25) is 14.4 Å². The zero-order chi connectivity index (χ0) is 26.7. The molecule has 0 saturated carbocycles. The van der Waals surface area contributed by atoms with E-state index in [0.29, 0.717) is 17.7 Å². The molecule has 0 aliphatic heterocycles. The van der Waals surface area contributed by atoms with E-state index in [0.717, 1.165) is 0 Å². The van der Waals surface area contributed by atoms with Crippen LogP contribution in [0.4, 0.5) is 0 Å². The number of aromatic hydroxyl groups is 1. The molecule has 10 nitrogen and oxygen atoms in total. The number of benzene rings is 1. The molecule has 196 valence electrons. The second-order valence-corrected chi connectivity index (χ2v) is 10.1. The number of nitrogens with one attached hydrogen (secondary N) is 3. The molecular weight excluding hydrogens is 472 g/mol. The van der Waals surface area contributed by atoms with Crippen molar-refractivity contribution >= 4 is 35.5 Å².